The number of benzene rings is 1. The molecule has 0 radical (unpaired) electrons. The lowest BCUT2D eigenvalue weighted by Gasteiger charge is -2.26. The van der Waals surface area contributed by atoms with Crippen molar-refractivity contribution in [2.24, 2.45) is 0 Å². The second kappa shape index (κ2) is 9.55. The number of morpholine rings is 1. The maximum atomic E-state index is 11.2. The molecule has 2 fully saturated rings. The lowest BCUT2D eigenvalue weighted by molar-refractivity contribution is -0.385. The first-order valence-electron chi connectivity index (χ1n) is 9.46. The van der Waals surface area contributed by atoms with Gasteiger partial charge in [-0.15, -0.1) is 11.8 Å². The van der Waals surface area contributed by atoms with E-state index in [1.54, 1.807) is 12.1 Å². The number of thioether (sulfide) groups is 1. The summed E-state index contributed by atoms with van der Waals surface area (Å²) in [5, 5.41) is 11.8. The molecule has 1 heterocycles. The fourth-order valence-electron chi connectivity index (χ4n) is 3.67. The van der Waals surface area contributed by atoms with Crippen molar-refractivity contribution in [2.45, 2.75) is 55.1 Å². The first-order valence-corrected chi connectivity index (χ1v) is 10.3. The number of nitro benzene ring substituents is 1. The zero-order valence-corrected chi connectivity index (χ0v) is 15.6. The summed E-state index contributed by atoms with van der Waals surface area (Å²) in [5.74, 6) is 0. The van der Waals surface area contributed by atoms with Crippen LogP contribution in [0.15, 0.2) is 23.1 Å². The Morgan fingerprint density at radius 2 is 1.96 bits per heavy atom. The normalized spacial score (nSPS) is 19.8. The zero-order valence-electron chi connectivity index (χ0n) is 14.8. The van der Waals surface area contributed by atoms with Crippen molar-refractivity contribution in [2.75, 3.05) is 32.8 Å². The average Bonchev–Trinajstić information content (AvgIpc) is 2.64. The summed E-state index contributed by atoms with van der Waals surface area (Å²) < 4.78 is 5.39. The van der Waals surface area contributed by atoms with Gasteiger partial charge in [0.1, 0.15) is 0 Å². The highest BCUT2D eigenvalue weighted by Gasteiger charge is 2.18. The van der Waals surface area contributed by atoms with Crippen LogP contribution in [0.1, 0.15) is 44.1 Å². The summed E-state index contributed by atoms with van der Waals surface area (Å²) >= 11 is 1.94. The van der Waals surface area contributed by atoms with E-state index >= 15 is 0 Å². The van der Waals surface area contributed by atoms with Crippen LogP contribution in [0.5, 0.6) is 0 Å². The number of nitrogens with zero attached hydrogens (tertiary/aromatic N) is 2. The monoisotopic (exact) mass is 364 g/mol. The van der Waals surface area contributed by atoms with Crippen molar-refractivity contribution in [1.29, 1.82) is 0 Å². The molecular weight excluding hydrogens is 336 g/mol. The highest BCUT2D eigenvalue weighted by atomic mass is 32.2. The third-order valence-electron chi connectivity index (χ3n) is 5.12. The topological polar surface area (TPSA) is 55.6 Å². The first-order chi connectivity index (χ1) is 12.2. The number of hydrogen-bond donors (Lipinski definition) is 0. The Hall–Kier alpha value is -1.11. The van der Waals surface area contributed by atoms with E-state index in [-0.39, 0.29) is 10.6 Å². The summed E-state index contributed by atoms with van der Waals surface area (Å²) in [4.78, 5) is 14.5. The van der Waals surface area contributed by atoms with E-state index in [0.717, 1.165) is 51.3 Å². The number of rotatable bonds is 7. The van der Waals surface area contributed by atoms with Gasteiger partial charge < -0.3 is 4.74 Å². The van der Waals surface area contributed by atoms with E-state index in [0.29, 0.717) is 5.25 Å². The number of non-ortho nitro benzene ring substituents is 1. The maximum absolute atomic E-state index is 11.2. The third kappa shape index (κ3) is 5.69. The van der Waals surface area contributed by atoms with Gasteiger partial charge in [-0.1, -0.05) is 19.3 Å². The van der Waals surface area contributed by atoms with Crippen molar-refractivity contribution in [3.05, 3.63) is 33.9 Å². The lowest BCUT2D eigenvalue weighted by atomic mass is 10.0. The van der Waals surface area contributed by atoms with Crippen LogP contribution in [0, 0.1) is 10.1 Å². The van der Waals surface area contributed by atoms with E-state index in [1.165, 1.54) is 37.0 Å². The van der Waals surface area contributed by atoms with Crippen molar-refractivity contribution < 1.29 is 9.66 Å². The second-order valence-electron chi connectivity index (χ2n) is 6.98. The van der Waals surface area contributed by atoms with E-state index < -0.39 is 0 Å². The fourth-order valence-corrected chi connectivity index (χ4v) is 5.06. The molecule has 0 aromatic heterocycles. The number of ether oxygens (including phenoxy) is 1. The molecule has 1 aliphatic heterocycles. The molecule has 0 amide bonds. The zero-order chi connectivity index (χ0) is 17.5. The molecule has 0 spiro atoms. The molecule has 1 saturated carbocycles. The quantitative estimate of drug-likeness (QED) is 0.534. The maximum Gasteiger partial charge on any atom is 0.269 e. The lowest BCUT2D eigenvalue weighted by Crippen LogP contribution is -2.36. The predicted molar refractivity (Wildman–Crippen MR) is 101 cm³/mol. The van der Waals surface area contributed by atoms with Gasteiger partial charge in [-0.25, -0.2) is 0 Å². The van der Waals surface area contributed by atoms with E-state index in [9.17, 15) is 10.1 Å². The molecule has 25 heavy (non-hydrogen) atoms. The van der Waals surface area contributed by atoms with Crippen molar-refractivity contribution in [3.8, 4) is 0 Å². The minimum absolute atomic E-state index is 0.217. The van der Waals surface area contributed by atoms with Crippen LogP contribution in [0.3, 0.4) is 0 Å². The van der Waals surface area contributed by atoms with E-state index in [1.807, 2.05) is 17.8 Å². The van der Waals surface area contributed by atoms with Gasteiger partial charge in [0.05, 0.1) is 18.1 Å². The Bertz CT molecular complexity index is 570. The molecule has 1 aliphatic carbocycles. The molecule has 138 valence electrons. The smallest absolute Gasteiger partial charge is 0.269 e. The fraction of sp³-hybridized carbons (Fsp3) is 0.684. The first kappa shape index (κ1) is 18.7. The van der Waals surface area contributed by atoms with Gasteiger partial charge in [0.25, 0.3) is 5.69 Å². The molecular formula is C19H28N2O3S. The Kier molecular flexibility index (Phi) is 7.13. The molecule has 1 aromatic rings. The van der Waals surface area contributed by atoms with Crippen LogP contribution in [-0.4, -0.2) is 47.9 Å². The minimum Gasteiger partial charge on any atom is -0.379 e. The summed E-state index contributed by atoms with van der Waals surface area (Å²) in [7, 11) is 0. The van der Waals surface area contributed by atoms with E-state index in [4.69, 9.17) is 4.74 Å². The van der Waals surface area contributed by atoms with Gasteiger partial charge in [-0.05, 0) is 43.9 Å². The third-order valence-corrected chi connectivity index (χ3v) is 6.58. The van der Waals surface area contributed by atoms with Gasteiger partial charge in [0.15, 0.2) is 0 Å². The molecule has 0 atom stereocenters. The van der Waals surface area contributed by atoms with Crippen LogP contribution >= 0.6 is 11.8 Å². The number of hydrogen-bond acceptors (Lipinski definition) is 5. The Labute approximate surface area is 154 Å². The minimum atomic E-state index is -0.277. The molecule has 1 aromatic carbocycles. The molecule has 6 heteroatoms. The highest BCUT2D eigenvalue weighted by Crippen LogP contribution is 2.36. The van der Waals surface area contributed by atoms with Gasteiger partial charge in [-0.2, -0.15) is 0 Å². The Morgan fingerprint density at radius 3 is 2.68 bits per heavy atom. The number of aryl methyl sites for hydroxylation is 1. The Morgan fingerprint density at radius 1 is 1.20 bits per heavy atom. The van der Waals surface area contributed by atoms with Crippen LogP contribution in [0.4, 0.5) is 5.69 Å². The van der Waals surface area contributed by atoms with Crippen LogP contribution in [-0.2, 0) is 11.2 Å². The van der Waals surface area contributed by atoms with Gasteiger partial charge in [-0.3, -0.25) is 15.0 Å². The van der Waals surface area contributed by atoms with Crippen LogP contribution in [0.2, 0.25) is 0 Å². The van der Waals surface area contributed by atoms with Crippen LogP contribution in [0.25, 0.3) is 0 Å². The molecule has 0 unspecified atom stereocenters. The summed E-state index contributed by atoms with van der Waals surface area (Å²) in [6, 6.07) is 5.43. The van der Waals surface area contributed by atoms with E-state index in [2.05, 4.69) is 4.90 Å². The van der Waals surface area contributed by atoms with Crippen molar-refractivity contribution in [3.63, 3.8) is 0 Å². The summed E-state index contributed by atoms with van der Waals surface area (Å²) in [5.41, 5.74) is 1.37. The average molecular weight is 365 g/mol. The molecule has 2 aliphatic rings. The molecule has 1 saturated heterocycles. The predicted octanol–water partition coefficient (Wildman–Crippen LogP) is 4.28. The van der Waals surface area contributed by atoms with Gasteiger partial charge in [0, 0.05) is 35.4 Å². The Balaban J connectivity index is 1.62. The second-order valence-corrected chi connectivity index (χ2v) is 8.33. The van der Waals surface area contributed by atoms with Gasteiger partial charge in [0.2, 0.25) is 0 Å². The van der Waals surface area contributed by atoms with Crippen molar-refractivity contribution in [1.82, 2.24) is 4.90 Å². The van der Waals surface area contributed by atoms with Crippen LogP contribution < -0.4 is 0 Å². The largest absolute Gasteiger partial charge is 0.379 e. The molecule has 0 N–H and O–H groups in total. The number of nitro groups is 1. The molecule has 0 bridgehead atoms. The standard InChI is InChI=1S/C19H28N2O3S/c22-21(23)17-8-9-19(25-18-6-2-1-3-7-18)16(15-17)5-4-10-20-11-13-24-14-12-20/h8-9,15,18H,1-7,10-14H2. The summed E-state index contributed by atoms with van der Waals surface area (Å²) in [6.07, 6.45) is 8.48. The highest BCUT2D eigenvalue weighted by molar-refractivity contribution is 8.00. The summed E-state index contributed by atoms with van der Waals surface area (Å²) in [6.45, 7) is 4.68. The van der Waals surface area contributed by atoms with Gasteiger partial charge >= 0.3 is 0 Å². The molecule has 5 nitrogen and oxygen atoms in total. The molecule has 3 rings (SSSR count). The SMILES string of the molecule is O=[N+]([O-])c1ccc(SC2CCCCC2)c(CCCN2CCOCC2)c1. The van der Waals surface area contributed by atoms with Crippen molar-refractivity contribution >= 4 is 17.4 Å².